The van der Waals surface area contributed by atoms with Gasteiger partial charge in [0, 0.05) is 17.4 Å². The minimum absolute atomic E-state index is 0. The van der Waals surface area contributed by atoms with Crippen molar-refractivity contribution >= 4 is 56.0 Å². The van der Waals surface area contributed by atoms with Gasteiger partial charge in [-0.15, -0.1) is 11.6 Å². The van der Waals surface area contributed by atoms with Gasteiger partial charge >= 0.3 is 126 Å². The largest absolute Gasteiger partial charge is 1.00 e. The maximum Gasteiger partial charge on any atom is 1.00 e. The molecule has 0 unspecified atom stereocenters. The van der Waals surface area contributed by atoms with Crippen LogP contribution in [0.4, 0.5) is 0 Å². The van der Waals surface area contributed by atoms with Crippen molar-refractivity contribution in [1.82, 2.24) is 0 Å². The second-order valence-electron chi connectivity index (χ2n) is 3.39. The van der Waals surface area contributed by atoms with Crippen LogP contribution in [0.3, 0.4) is 0 Å². The Labute approximate surface area is 248 Å². The van der Waals surface area contributed by atoms with E-state index in [4.69, 9.17) is 21.4 Å². The summed E-state index contributed by atoms with van der Waals surface area (Å²) in [6, 6.07) is 0. The molecule has 0 saturated carbocycles. The molecule has 19 heteroatoms. The zero-order valence-electron chi connectivity index (χ0n) is 14.5. The molecule has 0 atom stereocenters. The quantitative estimate of drug-likeness (QED) is 0.0979. The zero-order valence-corrected chi connectivity index (χ0v) is 27.6. The summed E-state index contributed by atoms with van der Waals surface area (Å²) >= 11 is 4.99. The number of hydrogen-bond donors (Lipinski definition) is 2. The predicted octanol–water partition coefficient (Wildman–Crippen LogP) is -13.4. The smallest absolute Gasteiger partial charge is 0.811 e. The maximum atomic E-state index is 10.1. The van der Waals surface area contributed by atoms with Crippen molar-refractivity contribution in [2.24, 2.45) is 0 Å². The van der Waals surface area contributed by atoms with Gasteiger partial charge in [-0.3, -0.25) is 4.57 Å². The average molecular weight is 515 g/mol. The Morgan fingerprint density at radius 2 is 1.00 bits per heavy atom. The van der Waals surface area contributed by atoms with E-state index < -0.39 is 35.1 Å². The molecule has 0 aliphatic carbocycles. The second-order valence-corrected chi connectivity index (χ2v) is 11.6. The molecule has 0 radical (unpaired) electrons. The second kappa shape index (κ2) is 24.1. The van der Waals surface area contributed by atoms with Crippen molar-refractivity contribution in [3.63, 3.8) is 0 Å². The van der Waals surface area contributed by atoms with Crippen LogP contribution >= 0.6 is 56.0 Å². The number of halogens is 1. The van der Waals surface area contributed by atoms with E-state index in [2.05, 4.69) is 0 Å². The third-order valence-corrected chi connectivity index (χ3v) is 7.17. The van der Waals surface area contributed by atoms with Crippen LogP contribution in [-0.2, 0) is 13.7 Å². The van der Waals surface area contributed by atoms with Crippen molar-refractivity contribution in [3.8, 4) is 0 Å². The standard InChI is InChI=1S/C4H12O6P2S2.C2H6ClO3P.4Na/c5-11(6,7)1-3-13-14-4-2-12(8,9)10;3-1-2-7(4,5)6;;;;/h1-4H2,(H2,5,6,7)(H2,8,9,10);1-2H2,(H2,4,5,6);;;;/q;;4*+1/p-4. The number of rotatable bonds is 9. The summed E-state index contributed by atoms with van der Waals surface area (Å²) in [5, 5.41) is 0. The van der Waals surface area contributed by atoms with Crippen LogP contribution in [0.5, 0.6) is 0 Å². The van der Waals surface area contributed by atoms with Crippen LogP contribution in [0, 0.1) is 0 Å². The van der Waals surface area contributed by atoms with E-state index in [1.807, 2.05) is 0 Å². The van der Waals surface area contributed by atoms with E-state index in [-0.39, 0.29) is 142 Å². The Hall–Kier alpha value is 5.44. The molecule has 0 aliphatic rings. The van der Waals surface area contributed by atoms with E-state index in [0.29, 0.717) is 0 Å². The van der Waals surface area contributed by atoms with E-state index in [9.17, 15) is 33.3 Å². The molecule has 9 nitrogen and oxygen atoms in total. The summed E-state index contributed by atoms with van der Waals surface area (Å²) in [6.07, 6.45) is -1.15. The van der Waals surface area contributed by atoms with Crippen LogP contribution in [0.1, 0.15) is 0 Å². The molecule has 0 rings (SSSR count). The van der Waals surface area contributed by atoms with E-state index in [1.165, 1.54) is 0 Å². The van der Waals surface area contributed by atoms with E-state index in [1.54, 1.807) is 0 Å². The Bertz CT molecular complexity index is 394. The fourth-order valence-corrected chi connectivity index (χ4v) is 6.08. The third kappa shape index (κ3) is 53.1. The minimum atomic E-state index is -4.46. The number of hydrogen-bond acceptors (Lipinski definition) is 9. The molecule has 0 aliphatic heterocycles. The Kier molecular flexibility index (Phi) is 42.6. The van der Waals surface area contributed by atoms with E-state index >= 15 is 0 Å². The topological polar surface area (TPSA) is 184 Å². The maximum absolute atomic E-state index is 10.1. The Morgan fingerprint density at radius 3 is 1.12 bits per heavy atom. The van der Waals surface area contributed by atoms with Gasteiger partial charge in [0.1, 0.15) is 0 Å². The molecular weight excluding hydrogens is 501 g/mol. The minimum Gasteiger partial charge on any atom is -0.811 e. The van der Waals surface area contributed by atoms with Gasteiger partial charge in [0.2, 0.25) is 0 Å². The van der Waals surface area contributed by atoms with Gasteiger partial charge in [-0.05, 0) is 12.3 Å². The summed E-state index contributed by atoms with van der Waals surface area (Å²) in [5.74, 6) is 0.234. The monoisotopic (exact) mass is 514 g/mol. The van der Waals surface area contributed by atoms with Crippen LogP contribution in [0.2, 0.25) is 0 Å². The van der Waals surface area contributed by atoms with Gasteiger partial charge in [-0.1, -0.05) is 36.8 Å². The van der Waals surface area contributed by atoms with Crippen LogP contribution in [-0.4, -0.2) is 45.7 Å². The first-order valence-electron chi connectivity index (χ1n) is 5.14. The van der Waals surface area contributed by atoms with Gasteiger partial charge in [-0.25, -0.2) is 0 Å². The number of alkyl halides is 1. The van der Waals surface area contributed by atoms with Crippen molar-refractivity contribution in [2.45, 2.75) is 0 Å². The fourth-order valence-electron chi connectivity index (χ4n) is 0.526. The van der Waals surface area contributed by atoms with Gasteiger partial charge in [-0.2, -0.15) is 0 Å². The molecule has 25 heavy (non-hydrogen) atoms. The molecule has 0 aromatic rings. The molecule has 0 amide bonds. The molecule has 0 fully saturated rings. The zero-order chi connectivity index (χ0) is 17.2. The molecular formula is C6H14ClNa4O9P3S2. The van der Waals surface area contributed by atoms with Crippen molar-refractivity contribution < 1.29 is 161 Å². The fraction of sp³-hybridized carbons (Fsp3) is 1.00. The summed E-state index contributed by atoms with van der Waals surface area (Å²) in [7, 11) is -10.6. The molecule has 0 heterocycles. The molecule has 2 N–H and O–H groups in total. The molecule has 130 valence electrons. The van der Waals surface area contributed by atoms with Gasteiger partial charge in [0.05, 0.1) is 6.16 Å². The molecule has 0 spiro atoms. The first-order chi connectivity index (χ1) is 9.27. The SMILES string of the molecule is O=P(O)(O)CCCl.O=P([O-])([O-])CCSSCCP(=O)([O-])[O-].[Na+].[Na+].[Na+].[Na+]. The summed E-state index contributed by atoms with van der Waals surface area (Å²) < 4.78 is 30.1. The Morgan fingerprint density at radius 1 is 0.720 bits per heavy atom. The predicted molar refractivity (Wildman–Crippen MR) is 77.5 cm³/mol. The molecule has 0 aromatic carbocycles. The Balaban J connectivity index is -0.0000000720. The van der Waals surface area contributed by atoms with Gasteiger partial charge < -0.3 is 38.5 Å². The van der Waals surface area contributed by atoms with Crippen molar-refractivity contribution in [1.29, 1.82) is 0 Å². The average Bonchev–Trinajstić information content (AvgIpc) is 2.19. The molecule has 0 aromatic heterocycles. The normalized spacial score (nSPS) is 10.7. The van der Waals surface area contributed by atoms with Crippen molar-refractivity contribution in [3.05, 3.63) is 0 Å². The molecule has 0 saturated heterocycles. The summed E-state index contributed by atoms with van der Waals surface area (Å²) in [6.45, 7) is 0. The summed E-state index contributed by atoms with van der Waals surface area (Å²) in [5.41, 5.74) is 0. The van der Waals surface area contributed by atoms with Gasteiger partial charge in [0.25, 0.3) is 0 Å². The third-order valence-electron chi connectivity index (χ3n) is 1.36. The van der Waals surface area contributed by atoms with Gasteiger partial charge in [0.15, 0.2) is 0 Å². The van der Waals surface area contributed by atoms with E-state index in [0.717, 1.165) is 21.6 Å². The van der Waals surface area contributed by atoms with Crippen LogP contribution in [0.25, 0.3) is 0 Å². The summed E-state index contributed by atoms with van der Waals surface area (Å²) in [4.78, 5) is 56.6. The van der Waals surface area contributed by atoms with Crippen LogP contribution < -0.4 is 138 Å². The first-order valence-corrected chi connectivity index (χ1v) is 13.4. The van der Waals surface area contributed by atoms with Crippen LogP contribution in [0.15, 0.2) is 0 Å². The van der Waals surface area contributed by atoms with Crippen molar-refractivity contribution in [2.75, 3.05) is 35.9 Å². The first kappa shape index (κ1) is 44.2. The molecule has 0 bridgehead atoms.